The van der Waals surface area contributed by atoms with E-state index in [0.717, 1.165) is 6.26 Å². The Morgan fingerprint density at radius 1 is 1.24 bits per heavy atom. The van der Waals surface area contributed by atoms with Crippen molar-refractivity contribution in [1.82, 2.24) is 0 Å². The molecule has 0 spiro atoms. The number of methoxy groups -OCH3 is 1. The van der Waals surface area contributed by atoms with Crippen LogP contribution in [-0.4, -0.2) is 27.8 Å². The molecule has 6 heteroatoms. The number of carbonyl (C=O) groups excluding carboxylic acids is 1. The Hall–Kier alpha value is -1.40. The van der Waals surface area contributed by atoms with Crippen LogP contribution in [0.15, 0.2) is 24.3 Å². The van der Waals surface area contributed by atoms with Crippen molar-refractivity contribution < 1.29 is 22.1 Å². The molecule has 1 aromatic carbocycles. The van der Waals surface area contributed by atoms with E-state index >= 15 is 0 Å². The van der Waals surface area contributed by atoms with Gasteiger partial charge in [0, 0.05) is 0 Å². The van der Waals surface area contributed by atoms with E-state index in [2.05, 4.69) is 4.74 Å². The molecular weight excluding hydrogens is 244 g/mol. The third-order valence-corrected chi connectivity index (χ3v) is 2.76. The fourth-order valence-corrected chi connectivity index (χ4v) is 1.96. The molecule has 1 atom stereocenters. The maximum Gasteiger partial charge on any atom is 0.337 e. The van der Waals surface area contributed by atoms with Gasteiger partial charge in [-0.15, -0.1) is 0 Å². The normalized spacial score (nSPS) is 13.1. The molecule has 0 saturated heterocycles. The van der Waals surface area contributed by atoms with Crippen molar-refractivity contribution in [2.24, 2.45) is 0 Å². The van der Waals surface area contributed by atoms with E-state index in [9.17, 15) is 13.2 Å². The van der Waals surface area contributed by atoms with Crippen LogP contribution in [0.4, 0.5) is 0 Å². The van der Waals surface area contributed by atoms with Crippen LogP contribution in [0.1, 0.15) is 28.9 Å². The van der Waals surface area contributed by atoms with Crippen molar-refractivity contribution in [3.05, 3.63) is 35.4 Å². The predicted octanol–water partition coefficient (Wildman–Crippen LogP) is 1.51. The predicted molar refractivity (Wildman–Crippen MR) is 62.1 cm³/mol. The second-order valence-electron chi connectivity index (χ2n) is 3.56. The molecule has 0 aliphatic heterocycles. The molecule has 0 amide bonds. The van der Waals surface area contributed by atoms with Crippen molar-refractivity contribution in [2.45, 2.75) is 13.0 Å². The zero-order valence-electron chi connectivity index (χ0n) is 9.84. The van der Waals surface area contributed by atoms with Gasteiger partial charge in [-0.05, 0) is 24.6 Å². The summed E-state index contributed by atoms with van der Waals surface area (Å²) in [6.45, 7) is 1.62. The molecule has 0 N–H and O–H groups in total. The zero-order chi connectivity index (χ0) is 13.1. The van der Waals surface area contributed by atoms with Crippen molar-refractivity contribution in [3.8, 4) is 0 Å². The van der Waals surface area contributed by atoms with Crippen molar-refractivity contribution in [3.63, 3.8) is 0 Å². The largest absolute Gasteiger partial charge is 0.465 e. The van der Waals surface area contributed by atoms with Gasteiger partial charge in [0.05, 0.1) is 25.0 Å². The highest BCUT2D eigenvalue weighted by molar-refractivity contribution is 7.86. The standard InChI is InChI=1S/C11H14O5S/c1-8(16-17(3,13)14)9-4-6-10(7-5-9)11(12)15-2/h4-8H,1-3H3/t8-/m0/s1. The Morgan fingerprint density at radius 2 is 1.76 bits per heavy atom. The summed E-state index contributed by atoms with van der Waals surface area (Å²) in [7, 11) is -2.20. The van der Waals surface area contributed by atoms with Crippen molar-refractivity contribution >= 4 is 16.1 Å². The summed E-state index contributed by atoms with van der Waals surface area (Å²) in [6, 6.07) is 6.37. The average Bonchev–Trinajstić information content (AvgIpc) is 2.26. The molecule has 17 heavy (non-hydrogen) atoms. The van der Waals surface area contributed by atoms with Gasteiger partial charge in [0.25, 0.3) is 10.1 Å². The van der Waals surface area contributed by atoms with Crippen LogP contribution in [0, 0.1) is 0 Å². The minimum Gasteiger partial charge on any atom is -0.465 e. The summed E-state index contributed by atoms with van der Waals surface area (Å²) in [5.74, 6) is -0.437. The van der Waals surface area contributed by atoms with Gasteiger partial charge in [-0.25, -0.2) is 4.79 Å². The smallest absolute Gasteiger partial charge is 0.337 e. The molecule has 0 aliphatic rings. The lowest BCUT2D eigenvalue weighted by Crippen LogP contribution is -2.08. The highest BCUT2D eigenvalue weighted by Gasteiger charge is 2.13. The Bertz CT molecular complexity index is 489. The maximum atomic E-state index is 11.2. The first kappa shape index (κ1) is 13.7. The first-order valence-corrected chi connectivity index (χ1v) is 6.71. The van der Waals surface area contributed by atoms with E-state index in [1.165, 1.54) is 7.11 Å². The number of esters is 1. The van der Waals surface area contributed by atoms with Crippen molar-refractivity contribution in [1.29, 1.82) is 0 Å². The van der Waals surface area contributed by atoms with Gasteiger partial charge >= 0.3 is 5.97 Å². The second-order valence-corrected chi connectivity index (χ2v) is 5.16. The van der Waals surface area contributed by atoms with E-state index in [1.54, 1.807) is 31.2 Å². The monoisotopic (exact) mass is 258 g/mol. The molecular formula is C11H14O5S. The third-order valence-electron chi connectivity index (χ3n) is 2.12. The van der Waals surface area contributed by atoms with E-state index in [4.69, 9.17) is 4.18 Å². The SMILES string of the molecule is COC(=O)c1ccc([C@H](C)OS(C)(=O)=O)cc1. The summed E-state index contributed by atoms with van der Waals surface area (Å²) in [5.41, 5.74) is 1.07. The highest BCUT2D eigenvalue weighted by Crippen LogP contribution is 2.19. The molecule has 0 bridgehead atoms. The van der Waals surface area contributed by atoms with E-state index in [0.29, 0.717) is 11.1 Å². The Kier molecular flexibility index (Phi) is 4.25. The molecule has 0 aliphatic carbocycles. The lowest BCUT2D eigenvalue weighted by Gasteiger charge is -2.11. The lowest BCUT2D eigenvalue weighted by molar-refractivity contribution is 0.0600. The van der Waals surface area contributed by atoms with Crippen LogP contribution in [0.5, 0.6) is 0 Å². The van der Waals surface area contributed by atoms with Gasteiger partial charge in [0.1, 0.15) is 0 Å². The molecule has 0 unspecified atom stereocenters. The summed E-state index contributed by atoms with van der Waals surface area (Å²) in [4.78, 5) is 11.2. The number of hydrogen-bond donors (Lipinski definition) is 0. The van der Waals surface area contributed by atoms with E-state index in [-0.39, 0.29) is 0 Å². The van der Waals surface area contributed by atoms with Gasteiger partial charge in [0.15, 0.2) is 0 Å². The van der Waals surface area contributed by atoms with Gasteiger partial charge in [-0.3, -0.25) is 4.18 Å². The van der Waals surface area contributed by atoms with E-state index in [1.807, 2.05) is 0 Å². The summed E-state index contributed by atoms with van der Waals surface area (Å²) in [6.07, 6.45) is 0.406. The Labute approximate surface area is 100 Å². The Balaban J connectivity index is 2.84. The molecule has 0 radical (unpaired) electrons. The first-order valence-electron chi connectivity index (χ1n) is 4.90. The second kappa shape index (κ2) is 5.29. The summed E-state index contributed by atoms with van der Waals surface area (Å²) < 4.78 is 31.2. The molecule has 0 saturated carbocycles. The van der Waals surface area contributed by atoms with Crippen LogP contribution in [0.3, 0.4) is 0 Å². The summed E-state index contributed by atoms with van der Waals surface area (Å²) in [5, 5.41) is 0. The van der Waals surface area contributed by atoms with Crippen LogP contribution in [0.2, 0.25) is 0 Å². The number of carbonyl (C=O) groups is 1. The molecule has 0 heterocycles. The number of benzene rings is 1. The molecule has 0 fully saturated rings. The van der Waals surface area contributed by atoms with Gasteiger partial charge in [-0.1, -0.05) is 12.1 Å². The third kappa shape index (κ3) is 4.16. The van der Waals surface area contributed by atoms with Crippen LogP contribution >= 0.6 is 0 Å². The molecule has 5 nitrogen and oxygen atoms in total. The van der Waals surface area contributed by atoms with Gasteiger partial charge < -0.3 is 4.74 Å². The van der Waals surface area contributed by atoms with E-state index < -0.39 is 22.2 Å². The number of rotatable bonds is 4. The van der Waals surface area contributed by atoms with Crippen molar-refractivity contribution in [2.75, 3.05) is 13.4 Å². The Morgan fingerprint density at radius 3 is 2.18 bits per heavy atom. The molecule has 0 aromatic heterocycles. The van der Waals surface area contributed by atoms with Gasteiger partial charge in [-0.2, -0.15) is 8.42 Å². The minimum atomic E-state index is -3.49. The average molecular weight is 258 g/mol. The molecule has 1 aromatic rings. The molecule has 94 valence electrons. The van der Waals surface area contributed by atoms with Crippen LogP contribution in [0.25, 0.3) is 0 Å². The number of hydrogen-bond acceptors (Lipinski definition) is 5. The lowest BCUT2D eigenvalue weighted by atomic mass is 10.1. The first-order chi connectivity index (χ1) is 7.83. The fourth-order valence-electron chi connectivity index (χ4n) is 1.33. The highest BCUT2D eigenvalue weighted by atomic mass is 32.2. The zero-order valence-corrected chi connectivity index (χ0v) is 10.7. The van der Waals surface area contributed by atoms with Gasteiger partial charge in [0.2, 0.25) is 0 Å². The molecule has 1 rings (SSSR count). The maximum absolute atomic E-state index is 11.2. The quantitative estimate of drug-likeness (QED) is 0.604. The summed E-state index contributed by atoms with van der Waals surface area (Å²) >= 11 is 0. The van der Waals surface area contributed by atoms with Crippen LogP contribution in [-0.2, 0) is 19.0 Å². The van der Waals surface area contributed by atoms with Crippen LogP contribution < -0.4 is 0 Å². The fraction of sp³-hybridized carbons (Fsp3) is 0.364. The topological polar surface area (TPSA) is 69.7 Å². The number of ether oxygens (including phenoxy) is 1. The minimum absolute atomic E-state index is 0.405.